The number of hydrogen-bond donors (Lipinski definition) is 5. The third-order valence-electron chi connectivity index (χ3n) is 10.9. The number of nitrogens with zero attached hydrogens (tertiary/aromatic N) is 3. The van der Waals surface area contributed by atoms with Gasteiger partial charge in [0.15, 0.2) is 6.29 Å². The summed E-state index contributed by atoms with van der Waals surface area (Å²) in [5.41, 5.74) is 6.07. The summed E-state index contributed by atoms with van der Waals surface area (Å²) in [4.78, 5) is 39.7. The number of sulfonamides is 2. The number of primary sulfonamides is 2. The van der Waals surface area contributed by atoms with Crippen LogP contribution >= 0.6 is 22.7 Å². The first kappa shape index (κ1) is 51.6. The summed E-state index contributed by atoms with van der Waals surface area (Å²) in [7, 11) is -4.32. The van der Waals surface area contributed by atoms with Gasteiger partial charge in [-0.05, 0) is 84.1 Å². The Labute approximate surface area is 408 Å². The van der Waals surface area contributed by atoms with Gasteiger partial charge >= 0.3 is 0 Å². The molecule has 2 aliphatic rings. The highest BCUT2D eigenvalue weighted by molar-refractivity contribution is 7.89. The van der Waals surface area contributed by atoms with Crippen LogP contribution < -0.4 is 35.7 Å². The van der Waals surface area contributed by atoms with Crippen LogP contribution in [-0.4, -0.2) is 67.1 Å². The first-order valence-corrected chi connectivity index (χ1v) is 25.8. The number of nitriles is 2. The van der Waals surface area contributed by atoms with E-state index in [2.05, 4.69) is 33.0 Å². The number of para-hydroxylation sites is 2. The summed E-state index contributed by atoms with van der Waals surface area (Å²) in [6.07, 6.45) is 2.42. The SMILES string of the molecule is COc1ccccc1C=O.COc1ccccc1CN1CCc2c(sc(NC(=O)Cc3ccc(S(N)(=O)=O)cc3)c2C#N)C1.N#Cc1c(NC(=O)Cc2ccc(S(N)(=O)=O)cc2)sc2c1CCNC2. The maximum Gasteiger partial charge on any atom is 0.238 e. The standard InChI is InChI=1S/C24H24N4O4S2.C16H16N4O3S2.C8H8O2/c1-32-21-5-3-2-4-17(21)14-28-11-10-19-20(13-25)24(33-22(19)15-28)27-23(29)12-16-6-8-18(9-7-16)34(26,30)31;17-8-13-12-5-6-19-9-14(12)24-16(13)20-15(21)7-10-1-3-11(4-2-10)25(18,22)23;1-10-8-5-3-2-4-7(8)6-9/h2-9H,10-12,14-15H2,1H3,(H,27,29)(H2,26,30,31);1-4,19H,5-7,9H2,(H,20,21)(H2,18,22,23);2-6H,1H3. The van der Waals surface area contributed by atoms with E-state index in [1.165, 1.54) is 46.9 Å². The molecule has 7 N–H and O–H groups in total. The molecule has 0 radical (unpaired) electrons. The second kappa shape index (κ2) is 23.5. The molecule has 4 aromatic carbocycles. The van der Waals surface area contributed by atoms with Gasteiger partial charge in [-0.2, -0.15) is 10.5 Å². The fraction of sp³-hybridized carbons (Fsp3) is 0.229. The van der Waals surface area contributed by atoms with Crippen molar-refractivity contribution >= 4 is 70.8 Å². The molecule has 2 amide bonds. The molecule has 69 heavy (non-hydrogen) atoms. The lowest BCUT2D eigenvalue weighted by Gasteiger charge is -2.27. The van der Waals surface area contributed by atoms with E-state index in [-0.39, 0.29) is 34.4 Å². The molecule has 17 nitrogen and oxygen atoms in total. The highest BCUT2D eigenvalue weighted by Gasteiger charge is 2.26. The molecule has 21 heteroatoms. The maximum atomic E-state index is 12.6. The van der Waals surface area contributed by atoms with E-state index in [0.717, 1.165) is 71.0 Å². The monoisotopic (exact) mass is 1010 g/mol. The first-order chi connectivity index (χ1) is 33.0. The van der Waals surface area contributed by atoms with Crippen molar-refractivity contribution in [2.45, 2.75) is 55.1 Å². The van der Waals surface area contributed by atoms with Gasteiger partial charge in [0.1, 0.15) is 33.6 Å². The number of benzene rings is 4. The predicted molar refractivity (Wildman–Crippen MR) is 263 cm³/mol. The average Bonchev–Trinajstić information content (AvgIpc) is 3.87. The van der Waals surface area contributed by atoms with Crippen molar-refractivity contribution < 1.29 is 40.7 Å². The van der Waals surface area contributed by atoms with E-state index < -0.39 is 20.0 Å². The van der Waals surface area contributed by atoms with Crippen molar-refractivity contribution in [2.75, 3.05) is 37.9 Å². The van der Waals surface area contributed by atoms with Gasteiger partial charge in [0.2, 0.25) is 31.9 Å². The Morgan fingerprint density at radius 2 is 1.22 bits per heavy atom. The van der Waals surface area contributed by atoms with Gasteiger partial charge in [-0.1, -0.05) is 54.6 Å². The van der Waals surface area contributed by atoms with E-state index in [1.54, 1.807) is 56.7 Å². The largest absolute Gasteiger partial charge is 0.496 e. The van der Waals surface area contributed by atoms with Crippen LogP contribution in [0, 0.1) is 22.7 Å². The second-order valence-corrected chi connectivity index (χ2v) is 20.9. The molecule has 0 saturated carbocycles. The first-order valence-electron chi connectivity index (χ1n) is 21.1. The van der Waals surface area contributed by atoms with E-state index in [4.69, 9.17) is 19.8 Å². The molecule has 0 aliphatic carbocycles. The van der Waals surface area contributed by atoms with Crippen LogP contribution in [0.3, 0.4) is 0 Å². The fourth-order valence-corrected chi connectivity index (χ4v) is 11.0. The number of amides is 2. The third kappa shape index (κ3) is 13.7. The number of rotatable bonds is 13. The molecule has 2 aromatic heterocycles. The summed E-state index contributed by atoms with van der Waals surface area (Å²) < 4.78 is 55.6. The molecule has 0 bridgehead atoms. The molecule has 8 rings (SSSR count). The Hall–Kier alpha value is -6.79. The molecule has 0 unspecified atom stereocenters. The lowest BCUT2D eigenvalue weighted by Crippen LogP contribution is -2.29. The van der Waals surface area contributed by atoms with Gasteiger partial charge in [-0.3, -0.25) is 19.3 Å². The summed E-state index contributed by atoms with van der Waals surface area (Å²) in [5, 5.41) is 39.3. The Bertz CT molecular complexity index is 3140. The number of anilines is 2. The van der Waals surface area contributed by atoms with Crippen LogP contribution in [0.4, 0.5) is 10.0 Å². The molecule has 358 valence electrons. The molecule has 4 heterocycles. The zero-order valence-corrected chi connectivity index (χ0v) is 40.7. The minimum Gasteiger partial charge on any atom is -0.496 e. The topological polar surface area (TPSA) is 277 Å². The van der Waals surface area contributed by atoms with Crippen molar-refractivity contribution in [3.63, 3.8) is 0 Å². The molecule has 0 saturated heterocycles. The highest BCUT2D eigenvalue weighted by Crippen LogP contribution is 2.38. The number of carbonyl (C=O) groups excluding carboxylic acids is 3. The van der Waals surface area contributed by atoms with Crippen molar-refractivity contribution in [3.05, 3.63) is 151 Å². The van der Waals surface area contributed by atoms with Gasteiger partial charge < -0.3 is 25.4 Å². The van der Waals surface area contributed by atoms with E-state index >= 15 is 0 Å². The van der Waals surface area contributed by atoms with Crippen LogP contribution in [0.25, 0.3) is 0 Å². The lowest BCUT2D eigenvalue weighted by molar-refractivity contribution is -0.116. The number of carbonyl (C=O) groups is 3. The van der Waals surface area contributed by atoms with E-state index in [9.17, 15) is 41.7 Å². The van der Waals surface area contributed by atoms with Crippen LogP contribution in [0.1, 0.15) is 59.1 Å². The smallest absolute Gasteiger partial charge is 0.238 e. The fourth-order valence-electron chi connectivity index (χ4n) is 7.48. The molecule has 0 atom stereocenters. The molecule has 0 spiro atoms. The Kier molecular flexibility index (Phi) is 17.6. The lowest BCUT2D eigenvalue weighted by atomic mass is 10.0. The van der Waals surface area contributed by atoms with Crippen molar-refractivity contribution in [2.24, 2.45) is 10.3 Å². The van der Waals surface area contributed by atoms with Gasteiger partial charge in [-0.25, -0.2) is 27.1 Å². The third-order valence-corrected chi connectivity index (χ3v) is 15.0. The second-order valence-electron chi connectivity index (χ2n) is 15.5. The number of methoxy groups -OCH3 is 2. The van der Waals surface area contributed by atoms with Gasteiger partial charge in [0.05, 0.1) is 53.5 Å². The number of nitrogens with one attached hydrogen (secondary N) is 3. The molecular weight excluding hydrogens is 961 g/mol. The summed E-state index contributed by atoms with van der Waals surface area (Å²) in [5.74, 6) is 0.940. The summed E-state index contributed by atoms with van der Waals surface area (Å²) >= 11 is 2.85. The van der Waals surface area contributed by atoms with E-state index in [1.807, 2.05) is 30.3 Å². The molecular formula is C48H48N8O9S4. The average molecular weight is 1010 g/mol. The quantitative estimate of drug-likeness (QED) is 0.0881. The summed E-state index contributed by atoms with van der Waals surface area (Å²) in [6.45, 7) is 3.76. The Morgan fingerprint density at radius 1 is 0.725 bits per heavy atom. The van der Waals surface area contributed by atoms with Crippen molar-refractivity contribution in [1.29, 1.82) is 10.5 Å². The molecule has 0 fully saturated rings. The van der Waals surface area contributed by atoms with Gasteiger partial charge in [0, 0.05) is 41.5 Å². The molecule has 6 aromatic rings. The van der Waals surface area contributed by atoms with Crippen LogP contribution in [-0.2, 0) is 75.0 Å². The number of thiophene rings is 2. The number of nitrogens with two attached hydrogens (primary N) is 2. The normalized spacial score (nSPS) is 13.0. The number of ether oxygens (including phenoxy) is 2. The zero-order chi connectivity index (χ0) is 49.7. The van der Waals surface area contributed by atoms with E-state index in [0.29, 0.717) is 56.7 Å². The van der Waals surface area contributed by atoms with Crippen molar-refractivity contribution in [1.82, 2.24) is 10.2 Å². The van der Waals surface area contributed by atoms with Crippen LogP contribution in [0.15, 0.2) is 107 Å². The van der Waals surface area contributed by atoms with Crippen LogP contribution in [0.2, 0.25) is 0 Å². The minimum atomic E-state index is -3.78. The van der Waals surface area contributed by atoms with Gasteiger partial charge in [-0.15, -0.1) is 22.7 Å². The zero-order valence-electron chi connectivity index (χ0n) is 37.5. The minimum absolute atomic E-state index is 0.00172. The predicted octanol–water partition coefficient (Wildman–Crippen LogP) is 5.62. The Balaban J connectivity index is 0.000000195. The van der Waals surface area contributed by atoms with Crippen molar-refractivity contribution in [3.8, 4) is 23.6 Å². The molecule has 2 aliphatic heterocycles. The van der Waals surface area contributed by atoms with Gasteiger partial charge in [0.25, 0.3) is 0 Å². The number of fused-ring (bicyclic) bond motifs is 2. The number of aldehydes is 1. The Morgan fingerprint density at radius 3 is 1.71 bits per heavy atom. The maximum absolute atomic E-state index is 12.6. The van der Waals surface area contributed by atoms with Crippen LogP contribution in [0.5, 0.6) is 11.5 Å². The number of hydrogen-bond acceptors (Lipinski definition) is 15. The summed E-state index contributed by atoms with van der Waals surface area (Å²) in [6, 6.07) is 31.1. The highest BCUT2D eigenvalue weighted by atomic mass is 32.2.